The van der Waals surface area contributed by atoms with Gasteiger partial charge in [-0.1, -0.05) is 12.1 Å². The van der Waals surface area contributed by atoms with Gasteiger partial charge < -0.3 is 5.11 Å². The van der Waals surface area contributed by atoms with Crippen molar-refractivity contribution < 1.29 is 9.90 Å². The zero-order chi connectivity index (χ0) is 10.9. The predicted octanol–water partition coefficient (Wildman–Crippen LogP) is 2.28. The van der Waals surface area contributed by atoms with E-state index in [-0.39, 0.29) is 0 Å². The van der Waals surface area contributed by atoms with Crippen LogP contribution >= 0.6 is 0 Å². The van der Waals surface area contributed by atoms with Crippen LogP contribution in [-0.2, 0) is 16.8 Å². The summed E-state index contributed by atoms with van der Waals surface area (Å²) in [7, 11) is 0. The Kier molecular flexibility index (Phi) is 2.33. The first-order chi connectivity index (χ1) is 7.17. The molecule has 1 aliphatic rings. The number of aromatic hydroxyl groups is 1. The molecule has 0 fully saturated rings. The van der Waals surface area contributed by atoms with Crippen LogP contribution in [0.4, 0.5) is 0 Å². The van der Waals surface area contributed by atoms with E-state index in [2.05, 4.69) is 4.99 Å². The number of hydrogen-bond donors (Lipinski definition) is 1. The molecule has 0 aliphatic heterocycles. The lowest BCUT2D eigenvalue weighted by Crippen LogP contribution is -2.25. The topological polar surface area (TPSA) is 49.7 Å². The second kappa shape index (κ2) is 3.52. The third-order valence-corrected chi connectivity index (χ3v) is 3.11. The van der Waals surface area contributed by atoms with Crippen LogP contribution in [0.3, 0.4) is 0 Å². The van der Waals surface area contributed by atoms with E-state index in [4.69, 9.17) is 0 Å². The molecule has 1 N–H and O–H groups in total. The average molecular weight is 203 g/mol. The van der Waals surface area contributed by atoms with E-state index < -0.39 is 5.54 Å². The van der Waals surface area contributed by atoms with Gasteiger partial charge in [-0.2, -0.15) is 4.99 Å². The monoisotopic (exact) mass is 203 g/mol. The fourth-order valence-corrected chi connectivity index (χ4v) is 2.30. The molecular weight excluding hydrogens is 190 g/mol. The number of benzene rings is 1. The summed E-state index contributed by atoms with van der Waals surface area (Å²) in [5.41, 5.74) is 1.37. The third-order valence-electron chi connectivity index (χ3n) is 3.11. The fraction of sp³-hybridized carbons (Fsp3) is 0.417. The van der Waals surface area contributed by atoms with E-state index in [0.29, 0.717) is 5.75 Å². The van der Waals surface area contributed by atoms with Crippen molar-refractivity contribution in [2.24, 2.45) is 4.99 Å². The molecule has 0 amide bonds. The SMILES string of the molecule is CC1(N=C=O)CCCc2c(O)cccc21. The minimum absolute atomic E-state index is 0.305. The second-order valence-electron chi connectivity index (χ2n) is 4.13. The van der Waals surface area contributed by atoms with E-state index in [0.717, 1.165) is 30.4 Å². The standard InChI is InChI=1S/C12H13NO2/c1-12(13-8-14)7-3-4-9-10(12)5-2-6-11(9)15/h2,5-6,15H,3-4,7H2,1H3. The van der Waals surface area contributed by atoms with Gasteiger partial charge in [-0.05, 0) is 43.4 Å². The predicted molar refractivity (Wildman–Crippen MR) is 56.5 cm³/mol. The number of rotatable bonds is 1. The van der Waals surface area contributed by atoms with Crippen molar-refractivity contribution in [1.29, 1.82) is 0 Å². The molecule has 3 heteroatoms. The van der Waals surface area contributed by atoms with Crippen molar-refractivity contribution in [2.75, 3.05) is 0 Å². The Bertz CT molecular complexity index is 435. The maximum absolute atomic E-state index is 10.4. The van der Waals surface area contributed by atoms with Gasteiger partial charge in [-0.3, -0.25) is 0 Å². The van der Waals surface area contributed by atoms with Crippen LogP contribution in [-0.4, -0.2) is 11.2 Å². The number of fused-ring (bicyclic) bond motifs is 1. The van der Waals surface area contributed by atoms with Crippen molar-refractivity contribution in [3.63, 3.8) is 0 Å². The third kappa shape index (κ3) is 1.55. The molecule has 78 valence electrons. The van der Waals surface area contributed by atoms with Crippen molar-refractivity contribution in [1.82, 2.24) is 0 Å². The lowest BCUT2D eigenvalue weighted by Gasteiger charge is -2.31. The molecule has 2 rings (SSSR count). The van der Waals surface area contributed by atoms with Gasteiger partial charge in [-0.25, -0.2) is 4.79 Å². The zero-order valence-corrected chi connectivity index (χ0v) is 8.66. The molecule has 0 aromatic heterocycles. The Morgan fingerprint density at radius 1 is 1.53 bits per heavy atom. The van der Waals surface area contributed by atoms with E-state index in [9.17, 15) is 9.90 Å². The summed E-state index contributed by atoms with van der Waals surface area (Å²) in [6, 6.07) is 5.39. The normalized spacial score (nSPS) is 24.1. The summed E-state index contributed by atoms with van der Waals surface area (Å²) in [6.07, 6.45) is 4.25. The maximum atomic E-state index is 10.4. The lowest BCUT2D eigenvalue weighted by atomic mass is 9.78. The van der Waals surface area contributed by atoms with Crippen LogP contribution in [0, 0.1) is 0 Å². The summed E-state index contributed by atoms with van der Waals surface area (Å²) in [6.45, 7) is 1.91. The summed E-state index contributed by atoms with van der Waals surface area (Å²) in [5, 5.41) is 9.72. The van der Waals surface area contributed by atoms with E-state index in [1.807, 2.05) is 13.0 Å². The molecule has 15 heavy (non-hydrogen) atoms. The Labute approximate surface area is 88.5 Å². The second-order valence-corrected chi connectivity index (χ2v) is 4.13. The Morgan fingerprint density at radius 3 is 3.07 bits per heavy atom. The molecule has 0 spiro atoms. The lowest BCUT2D eigenvalue weighted by molar-refractivity contribution is 0.392. The molecule has 0 saturated heterocycles. The highest BCUT2D eigenvalue weighted by Crippen LogP contribution is 2.40. The smallest absolute Gasteiger partial charge is 0.235 e. The van der Waals surface area contributed by atoms with E-state index in [1.165, 1.54) is 0 Å². The molecule has 3 nitrogen and oxygen atoms in total. The minimum Gasteiger partial charge on any atom is -0.508 e. The van der Waals surface area contributed by atoms with E-state index >= 15 is 0 Å². The van der Waals surface area contributed by atoms with Gasteiger partial charge >= 0.3 is 0 Å². The van der Waals surface area contributed by atoms with Gasteiger partial charge in [0.2, 0.25) is 6.08 Å². The van der Waals surface area contributed by atoms with Crippen molar-refractivity contribution in [3.8, 4) is 5.75 Å². The van der Waals surface area contributed by atoms with Crippen molar-refractivity contribution >= 4 is 6.08 Å². The van der Waals surface area contributed by atoms with Gasteiger partial charge in [0.05, 0.1) is 5.54 Å². The first-order valence-electron chi connectivity index (χ1n) is 5.08. The number of nitrogens with zero attached hydrogens (tertiary/aromatic N) is 1. The maximum Gasteiger partial charge on any atom is 0.235 e. The molecule has 1 aromatic carbocycles. The number of phenols is 1. The Balaban J connectivity index is 2.61. The highest BCUT2D eigenvalue weighted by molar-refractivity contribution is 5.47. The highest BCUT2D eigenvalue weighted by Gasteiger charge is 2.32. The number of phenolic OH excluding ortho intramolecular Hbond substituents is 1. The number of hydrogen-bond acceptors (Lipinski definition) is 3. The Hall–Kier alpha value is -1.60. The summed E-state index contributed by atoms with van der Waals surface area (Å²) in [4.78, 5) is 14.3. The molecule has 1 aliphatic carbocycles. The van der Waals surface area contributed by atoms with Crippen molar-refractivity contribution in [3.05, 3.63) is 29.3 Å². The largest absolute Gasteiger partial charge is 0.508 e. The summed E-state index contributed by atoms with van der Waals surface area (Å²) in [5.74, 6) is 0.305. The van der Waals surface area contributed by atoms with Gasteiger partial charge in [-0.15, -0.1) is 0 Å². The van der Waals surface area contributed by atoms with Crippen LogP contribution in [0.15, 0.2) is 23.2 Å². The van der Waals surface area contributed by atoms with Gasteiger partial charge in [0, 0.05) is 0 Å². The molecule has 0 bridgehead atoms. The van der Waals surface area contributed by atoms with Crippen LogP contribution in [0.25, 0.3) is 0 Å². The van der Waals surface area contributed by atoms with Gasteiger partial charge in [0.25, 0.3) is 0 Å². The van der Waals surface area contributed by atoms with Gasteiger partial charge in [0.1, 0.15) is 5.75 Å². The number of carbonyl (C=O) groups excluding carboxylic acids is 1. The van der Waals surface area contributed by atoms with Crippen molar-refractivity contribution in [2.45, 2.75) is 31.7 Å². The minimum atomic E-state index is -0.506. The van der Waals surface area contributed by atoms with Gasteiger partial charge in [0.15, 0.2) is 0 Å². The first-order valence-corrected chi connectivity index (χ1v) is 5.08. The molecule has 0 heterocycles. The van der Waals surface area contributed by atoms with Crippen LogP contribution in [0.5, 0.6) is 5.75 Å². The highest BCUT2D eigenvalue weighted by atomic mass is 16.3. The fourth-order valence-electron chi connectivity index (χ4n) is 2.30. The molecule has 1 aromatic rings. The van der Waals surface area contributed by atoms with Crippen LogP contribution in [0.2, 0.25) is 0 Å². The molecule has 0 radical (unpaired) electrons. The molecule has 1 unspecified atom stereocenters. The van der Waals surface area contributed by atoms with E-state index in [1.54, 1.807) is 18.2 Å². The summed E-state index contributed by atoms with van der Waals surface area (Å²) < 4.78 is 0. The van der Waals surface area contributed by atoms with Crippen LogP contribution in [0.1, 0.15) is 30.9 Å². The summed E-state index contributed by atoms with van der Waals surface area (Å²) >= 11 is 0. The molecule has 0 saturated carbocycles. The average Bonchev–Trinajstić information content (AvgIpc) is 2.20. The number of aliphatic imine (C=N–C) groups is 1. The quantitative estimate of drug-likeness (QED) is 0.562. The zero-order valence-electron chi connectivity index (χ0n) is 8.66. The number of isocyanates is 1. The van der Waals surface area contributed by atoms with Crippen LogP contribution < -0.4 is 0 Å². The molecular formula is C12H13NO2. The first kappa shape index (κ1) is 9.94. The molecule has 1 atom stereocenters. The Morgan fingerprint density at radius 2 is 2.33 bits per heavy atom.